The van der Waals surface area contributed by atoms with Gasteiger partial charge in [-0.2, -0.15) is 0 Å². The molecule has 72 valence electrons. The third kappa shape index (κ3) is 3.17. The Balaban J connectivity index is 2.67. The molecule has 1 unspecified atom stereocenters. The van der Waals surface area contributed by atoms with Crippen molar-refractivity contribution in [3.05, 3.63) is 35.9 Å². The Morgan fingerprint density at radius 2 is 1.77 bits per heavy atom. The molecule has 0 aromatic heterocycles. The second-order valence-corrected chi connectivity index (χ2v) is 3.23. The summed E-state index contributed by atoms with van der Waals surface area (Å²) in [5.41, 5.74) is 1.18. The summed E-state index contributed by atoms with van der Waals surface area (Å²) in [5.74, 6) is 0.251. The number of hydrogen-bond donors (Lipinski definition) is 2. The van der Waals surface area contributed by atoms with Crippen molar-refractivity contribution in [1.29, 1.82) is 0 Å². The molecule has 1 atom stereocenters. The number of hydrogen-bond acceptors (Lipinski definition) is 2. The Morgan fingerprint density at radius 1 is 1.15 bits per heavy atom. The standard InChI is InChI=1S/C11H16O2/c1-2-9(8-11(12)13)10-6-4-3-5-7-10/h3-7,9,11-13H,2,8H2,1H3. The lowest BCUT2D eigenvalue weighted by molar-refractivity contribution is -0.0500. The van der Waals surface area contributed by atoms with Crippen LogP contribution in [0.15, 0.2) is 30.3 Å². The van der Waals surface area contributed by atoms with Crippen LogP contribution in [0.5, 0.6) is 0 Å². The van der Waals surface area contributed by atoms with Crippen LogP contribution in [-0.4, -0.2) is 16.5 Å². The molecule has 1 rings (SSSR count). The van der Waals surface area contributed by atoms with Crippen LogP contribution in [0.4, 0.5) is 0 Å². The SMILES string of the molecule is CCC(CC(O)O)c1ccccc1. The van der Waals surface area contributed by atoms with E-state index in [-0.39, 0.29) is 5.92 Å². The van der Waals surface area contributed by atoms with Gasteiger partial charge < -0.3 is 10.2 Å². The predicted octanol–water partition coefficient (Wildman–Crippen LogP) is 1.88. The molecule has 0 spiro atoms. The Labute approximate surface area is 78.8 Å². The first kappa shape index (κ1) is 10.2. The van der Waals surface area contributed by atoms with Gasteiger partial charge in [-0.25, -0.2) is 0 Å². The summed E-state index contributed by atoms with van der Waals surface area (Å²) in [7, 11) is 0. The third-order valence-electron chi connectivity index (χ3n) is 2.26. The number of aliphatic hydroxyl groups excluding tert-OH is 1. The van der Waals surface area contributed by atoms with E-state index in [4.69, 9.17) is 10.2 Å². The molecule has 1 aromatic carbocycles. The number of benzene rings is 1. The van der Waals surface area contributed by atoms with Gasteiger partial charge in [-0.3, -0.25) is 0 Å². The molecule has 2 N–H and O–H groups in total. The van der Waals surface area contributed by atoms with E-state index in [0.29, 0.717) is 6.42 Å². The summed E-state index contributed by atoms with van der Waals surface area (Å²) < 4.78 is 0. The second-order valence-electron chi connectivity index (χ2n) is 3.23. The first-order chi connectivity index (χ1) is 6.24. The van der Waals surface area contributed by atoms with E-state index >= 15 is 0 Å². The number of rotatable bonds is 4. The topological polar surface area (TPSA) is 40.5 Å². The van der Waals surface area contributed by atoms with Crippen molar-refractivity contribution in [2.45, 2.75) is 32.0 Å². The normalized spacial score (nSPS) is 13.2. The first-order valence-electron chi connectivity index (χ1n) is 4.65. The van der Waals surface area contributed by atoms with Gasteiger partial charge >= 0.3 is 0 Å². The molecular weight excluding hydrogens is 164 g/mol. The van der Waals surface area contributed by atoms with Crippen LogP contribution in [-0.2, 0) is 0 Å². The van der Waals surface area contributed by atoms with E-state index in [1.54, 1.807) is 0 Å². The molecule has 0 aliphatic rings. The molecule has 0 bridgehead atoms. The lowest BCUT2D eigenvalue weighted by Gasteiger charge is -2.15. The van der Waals surface area contributed by atoms with Gasteiger partial charge in [0.25, 0.3) is 0 Å². The zero-order valence-electron chi connectivity index (χ0n) is 7.85. The van der Waals surface area contributed by atoms with Crippen molar-refractivity contribution in [1.82, 2.24) is 0 Å². The Bertz CT molecular complexity index is 231. The monoisotopic (exact) mass is 180 g/mol. The lowest BCUT2D eigenvalue weighted by atomic mass is 9.93. The van der Waals surface area contributed by atoms with Crippen LogP contribution in [0.3, 0.4) is 0 Å². The molecule has 0 aliphatic heterocycles. The van der Waals surface area contributed by atoms with Crippen LogP contribution >= 0.6 is 0 Å². The largest absolute Gasteiger partial charge is 0.368 e. The molecule has 13 heavy (non-hydrogen) atoms. The van der Waals surface area contributed by atoms with Crippen molar-refractivity contribution in [2.75, 3.05) is 0 Å². The Kier molecular flexibility index (Phi) is 3.93. The summed E-state index contributed by atoms with van der Waals surface area (Å²) in [6.07, 6.45) is 0.146. The maximum absolute atomic E-state index is 8.87. The molecule has 2 heteroatoms. The van der Waals surface area contributed by atoms with Crippen molar-refractivity contribution in [2.24, 2.45) is 0 Å². The Hall–Kier alpha value is -0.860. The summed E-state index contributed by atoms with van der Waals surface area (Å²) in [5, 5.41) is 17.7. The molecule has 0 radical (unpaired) electrons. The average molecular weight is 180 g/mol. The summed E-state index contributed by atoms with van der Waals surface area (Å²) in [6, 6.07) is 9.96. The molecule has 0 heterocycles. The number of aliphatic hydroxyl groups is 2. The summed E-state index contributed by atoms with van der Waals surface area (Å²) in [4.78, 5) is 0. The molecule has 0 saturated heterocycles. The van der Waals surface area contributed by atoms with Gasteiger partial charge in [0.1, 0.15) is 0 Å². The van der Waals surface area contributed by atoms with Gasteiger partial charge in [0.15, 0.2) is 6.29 Å². The van der Waals surface area contributed by atoms with Crippen molar-refractivity contribution >= 4 is 0 Å². The van der Waals surface area contributed by atoms with Crippen LogP contribution in [0.2, 0.25) is 0 Å². The third-order valence-corrected chi connectivity index (χ3v) is 2.26. The fraction of sp³-hybridized carbons (Fsp3) is 0.455. The van der Waals surface area contributed by atoms with Crippen LogP contribution in [0, 0.1) is 0 Å². The van der Waals surface area contributed by atoms with Gasteiger partial charge in [-0.15, -0.1) is 0 Å². The molecule has 1 aromatic rings. The highest BCUT2D eigenvalue weighted by molar-refractivity contribution is 5.19. The van der Waals surface area contributed by atoms with Crippen LogP contribution in [0.25, 0.3) is 0 Å². The molecule has 2 nitrogen and oxygen atoms in total. The molecule has 0 amide bonds. The summed E-state index contributed by atoms with van der Waals surface area (Å²) >= 11 is 0. The fourth-order valence-electron chi connectivity index (χ4n) is 1.52. The minimum Gasteiger partial charge on any atom is -0.368 e. The highest BCUT2D eigenvalue weighted by Gasteiger charge is 2.12. The second kappa shape index (κ2) is 5.00. The van der Waals surface area contributed by atoms with Crippen molar-refractivity contribution in [3.63, 3.8) is 0 Å². The lowest BCUT2D eigenvalue weighted by Crippen LogP contribution is -2.10. The average Bonchev–Trinajstić information content (AvgIpc) is 2.15. The van der Waals surface area contributed by atoms with Gasteiger partial charge in [0.05, 0.1) is 0 Å². The van der Waals surface area contributed by atoms with Crippen LogP contribution < -0.4 is 0 Å². The minimum atomic E-state index is -1.20. The smallest absolute Gasteiger partial charge is 0.152 e. The fourth-order valence-corrected chi connectivity index (χ4v) is 1.52. The van der Waals surface area contributed by atoms with E-state index < -0.39 is 6.29 Å². The van der Waals surface area contributed by atoms with E-state index in [2.05, 4.69) is 6.92 Å². The van der Waals surface area contributed by atoms with Gasteiger partial charge in [-0.05, 0) is 17.9 Å². The highest BCUT2D eigenvalue weighted by Crippen LogP contribution is 2.23. The van der Waals surface area contributed by atoms with Gasteiger partial charge in [0.2, 0.25) is 0 Å². The van der Waals surface area contributed by atoms with E-state index in [9.17, 15) is 0 Å². The first-order valence-corrected chi connectivity index (χ1v) is 4.65. The van der Waals surface area contributed by atoms with E-state index in [1.807, 2.05) is 30.3 Å². The zero-order valence-corrected chi connectivity index (χ0v) is 7.85. The van der Waals surface area contributed by atoms with Gasteiger partial charge in [-0.1, -0.05) is 37.3 Å². The van der Waals surface area contributed by atoms with E-state index in [0.717, 1.165) is 6.42 Å². The predicted molar refractivity (Wildman–Crippen MR) is 52.3 cm³/mol. The van der Waals surface area contributed by atoms with Crippen molar-refractivity contribution < 1.29 is 10.2 Å². The highest BCUT2D eigenvalue weighted by atomic mass is 16.5. The maximum atomic E-state index is 8.87. The molecular formula is C11H16O2. The van der Waals surface area contributed by atoms with Gasteiger partial charge in [0, 0.05) is 6.42 Å². The Morgan fingerprint density at radius 3 is 2.23 bits per heavy atom. The maximum Gasteiger partial charge on any atom is 0.152 e. The zero-order chi connectivity index (χ0) is 9.68. The van der Waals surface area contributed by atoms with E-state index in [1.165, 1.54) is 5.56 Å². The minimum absolute atomic E-state index is 0.251. The van der Waals surface area contributed by atoms with Crippen molar-refractivity contribution in [3.8, 4) is 0 Å². The quantitative estimate of drug-likeness (QED) is 0.694. The summed E-state index contributed by atoms with van der Waals surface area (Å²) in [6.45, 7) is 2.06. The molecule has 0 fully saturated rings. The molecule has 0 aliphatic carbocycles. The van der Waals surface area contributed by atoms with Crippen LogP contribution in [0.1, 0.15) is 31.2 Å². The molecule has 0 saturated carbocycles.